The fourth-order valence-corrected chi connectivity index (χ4v) is 3.86. The van der Waals surface area contributed by atoms with Crippen molar-refractivity contribution in [2.24, 2.45) is 11.8 Å². The van der Waals surface area contributed by atoms with Gasteiger partial charge < -0.3 is 19.5 Å². The van der Waals surface area contributed by atoms with E-state index in [0.29, 0.717) is 30.0 Å². The number of hydrogen-bond acceptors (Lipinski definition) is 7. The number of rotatable bonds is 5. The maximum absolute atomic E-state index is 12.6. The standard InChI is InChI=1S/C21H22N2O7/c1-11(23-19(25)14-5-3-4-6-15(14)20(23)26)21(27)30-12(2)18(24)22-13-7-8-16-17(9-13)29-10-28-16/h3-4,7-9,11-12,14-15H,5-6,10H2,1-2H3,(H,22,24)/t11-,12+,14-,15+/m1/s1. The summed E-state index contributed by atoms with van der Waals surface area (Å²) in [7, 11) is 0. The lowest BCUT2D eigenvalue weighted by Crippen LogP contribution is -2.46. The molecule has 9 nitrogen and oxygen atoms in total. The lowest BCUT2D eigenvalue weighted by Gasteiger charge is -2.23. The first-order chi connectivity index (χ1) is 14.4. The van der Waals surface area contributed by atoms with Crippen molar-refractivity contribution < 1.29 is 33.4 Å². The minimum atomic E-state index is -1.12. The highest BCUT2D eigenvalue weighted by atomic mass is 16.7. The van der Waals surface area contributed by atoms with Gasteiger partial charge in [0.2, 0.25) is 18.6 Å². The third-order valence-corrected chi connectivity index (χ3v) is 5.57. The van der Waals surface area contributed by atoms with Gasteiger partial charge in [-0.1, -0.05) is 12.2 Å². The topological polar surface area (TPSA) is 111 Å². The van der Waals surface area contributed by atoms with Crippen LogP contribution in [0.15, 0.2) is 30.4 Å². The first kappa shape index (κ1) is 19.9. The van der Waals surface area contributed by atoms with E-state index in [0.717, 1.165) is 4.90 Å². The van der Waals surface area contributed by atoms with Crippen molar-refractivity contribution in [2.75, 3.05) is 12.1 Å². The summed E-state index contributed by atoms with van der Waals surface area (Å²) in [5.41, 5.74) is 0.460. The molecule has 4 rings (SSSR count). The molecule has 1 aromatic carbocycles. The average molecular weight is 414 g/mol. The van der Waals surface area contributed by atoms with E-state index >= 15 is 0 Å². The monoisotopic (exact) mass is 414 g/mol. The number of benzene rings is 1. The molecule has 30 heavy (non-hydrogen) atoms. The highest BCUT2D eigenvalue weighted by molar-refractivity contribution is 6.08. The SMILES string of the molecule is C[C@H](OC(=O)[C@@H](C)N1C(=O)[C@H]2CC=CC[C@H]2C1=O)C(=O)Nc1ccc2c(c1)OCO2. The number of imide groups is 1. The van der Waals surface area contributed by atoms with E-state index in [9.17, 15) is 19.2 Å². The zero-order valence-electron chi connectivity index (χ0n) is 16.6. The van der Waals surface area contributed by atoms with Gasteiger partial charge in [-0.15, -0.1) is 0 Å². The molecule has 2 heterocycles. The molecular formula is C21H22N2O7. The minimum absolute atomic E-state index is 0.115. The second-order valence-corrected chi connectivity index (χ2v) is 7.51. The number of esters is 1. The first-order valence-corrected chi connectivity index (χ1v) is 9.79. The zero-order chi connectivity index (χ0) is 21.4. The van der Waals surface area contributed by atoms with E-state index in [-0.39, 0.29) is 18.6 Å². The summed E-state index contributed by atoms with van der Waals surface area (Å²) < 4.78 is 15.7. The molecule has 0 spiro atoms. The average Bonchev–Trinajstić information content (AvgIpc) is 3.30. The van der Waals surface area contributed by atoms with Crippen molar-refractivity contribution in [1.82, 2.24) is 4.90 Å². The molecule has 158 valence electrons. The molecule has 1 fully saturated rings. The number of anilines is 1. The summed E-state index contributed by atoms with van der Waals surface area (Å²) in [6.45, 7) is 2.97. The lowest BCUT2D eigenvalue weighted by molar-refractivity contribution is -0.163. The highest BCUT2D eigenvalue weighted by Crippen LogP contribution is 2.36. The van der Waals surface area contributed by atoms with Crippen molar-refractivity contribution in [1.29, 1.82) is 0 Å². The van der Waals surface area contributed by atoms with E-state index in [1.807, 2.05) is 12.2 Å². The molecule has 2 aliphatic heterocycles. The third kappa shape index (κ3) is 3.51. The first-order valence-electron chi connectivity index (χ1n) is 9.79. The maximum atomic E-state index is 12.6. The quantitative estimate of drug-likeness (QED) is 0.443. The van der Waals surface area contributed by atoms with Crippen LogP contribution in [0.1, 0.15) is 26.7 Å². The minimum Gasteiger partial charge on any atom is -0.454 e. The van der Waals surface area contributed by atoms with Gasteiger partial charge >= 0.3 is 5.97 Å². The predicted octanol–water partition coefficient (Wildman–Crippen LogP) is 1.63. The summed E-state index contributed by atoms with van der Waals surface area (Å²) in [5, 5.41) is 2.64. The molecule has 1 saturated heterocycles. The molecule has 0 aromatic heterocycles. The molecule has 9 heteroatoms. The van der Waals surface area contributed by atoms with Gasteiger partial charge in [0.05, 0.1) is 11.8 Å². The number of allylic oxidation sites excluding steroid dienone is 2. The Bertz CT molecular complexity index is 915. The number of fused-ring (bicyclic) bond motifs is 2. The van der Waals surface area contributed by atoms with Gasteiger partial charge in [-0.05, 0) is 38.8 Å². The van der Waals surface area contributed by atoms with E-state index in [1.165, 1.54) is 13.8 Å². The summed E-state index contributed by atoms with van der Waals surface area (Å²) >= 11 is 0. The van der Waals surface area contributed by atoms with Crippen molar-refractivity contribution in [3.63, 3.8) is 0 Å². The van der Waals surface area contributed by atoms with Crippen LogP contribution in [0.4, 0.5) is 5.69 Å². The number of carbonyl (C=O) groups excluding carboxylic acids is 4. The van der Waals surface area contributed by atoms with Crippen LogP contribution in [0.5, 0.6) is 11.5 Å². The maximum Gasteiger partial charge on any atom is 0.329 e. The summed E-state index contributed by atoms with van der Waals surface area (Å²) in [4.78, 5) is 51.2. The molecule has 0 radical (unpaired) electrons. The van der Waals surface area contributed by atoms with Crippen molar-refractivity contribution in [3.05, 3.63) is 30.4 Å². The van der Waals surface area contributed by atoms with Gasteiger partial charge in [0, 0.05) is 11.8 Å². The fourth-order valence-electron chi connectivity index (χ4n) is 3.86. The normalized spacial score (nSPS) is 23.7. The van der Waals surface area contributed by atoms with Crippen LogP contribution in [0.2, 0.25) is 0 Å². The molecule has 0 unspecified atom stereocenters. The molecule has 1 N–H and O–H groups in total. The number of ether oxygens (including phenoxy) is 3. The fraction of sp³-hybridized carbons (Fsp3) is 0.429. The van der Waals surface area contributed by atoms with Crippen LogP contribution in [0.25, 0.3) is 0 Å². The Hall–Kier alpha value is -3.36. The van der Waals surface area contributed by atoms with Crippen LogP contribution in [0, 0.1) is 11.8 Å². The van der Waals surface area contributed by atoms with Crippen LogP contribution < -0.4 is 14.8 Å². The molecule has 1 aromatic rings. The number of carbonyl (C=O) groups is 4. The van der Waals surface area contributed by atoms with E-state index in [4.69, 9.17) is 14.2 Å². The Balaban J connectivity index is 1.36. The number of amides is 3. The number of hydrogen-bond donors (Lipinski definition) is 1. The van der Waals surface area contributed by atoms with E-state index in [2.05, 4.69) is 5.32 Å². The van der Waals surface area contributed by atoms with Crippen LogP contribution in [0.3, 0.4) is 0 Å². The smallest absolute Gasteiger partial charge is 0.329 e. The number of nitrogens with one attached hydrogen (secondary N) is 1. The Morgan fingerprint density at radius 1 is 1.07 bits per heavy atom. The largest absolute Gasteiger partial charge is 0.454 e. The number of nitrogens with zero attached hydrogens (tertiary/aromatic N) is 1. The van der Waals surface area contributed by atoms with Gasteiger partial charge in [0.15, 0.2) is 17.6 Å². The third-order valence-electron chi connectivity index (χ3n) is 5.57. The Morgan fingerprint density at radius 2 is 1.70 bits per heavy atom. The molecule has 1 aliphatic carbocycles. The Morgan fingerprint density at radius 3 is 2.37 bits per heavy atom. The van der Waals surface area contributed by atoms with Gasteiger partial charge in [0.25, 0.3) is 5.91 Å². The van der Waals surface area contributed by atoms with Crippen LogP contribution in [-0.2, 0) is 23.9 Å². The summed E-state index contributed by atoms with van der Waals surface area (Å²) in [5.74, 6) is -1.85. The molecule has 3 aliphatic rings. The Kier molecular flexibility index (Phi) is 5.19. The van der Waals surface area contributed by atoms with Gasteiger partial charge in [0.1, 0.15) is 6.04 Å². The Labute approximate surface area is 172 Å². The van der Waals surface area contributed by atoms with Gasteiger partial charge in [-0.25, -0.2) is 4.79 Å². The summed E-state index contributed by atoms with van der Waals surface area (Å²) in [6.07, 6.45) is 3.61. The second-order valence-electron chi connectivity index (χ2n) is 7.51. The van der Waals surface area contributed by atoms with Crippen LogP contribution >= 0.6 is 0 Å². The van der Waals surface area contributed by atoms with Gasteiger partial charge in [-0.2, -0.15) is 0 Å². The molecule has 0 bridgehead atoms. The van der Waals surface area contributed by atoms with Crippen LogP contribution in [-0.4, -0.2) is 47.5 Å². The van der Waals surface area contributed by atoms with Crippen molar-refractivity contribution in [3.8, 4) is 11.5 Å². The lowest BCUT2D eigenvalue weighted by atomic mass is 9.85. The molecular weight excluding hydrogens is 392 g/mol. The van der Waals surface area contributed by atoms with Crippen molar-refractivity contribution >= 4 is 29.4 Å². The van der Waals surface area contributed by atoms with E-state index in [1.54, 1.807) is 18.2 Å². The number of likely N-dealkylation sites (tertiary alicyclic amines) is 1. The summed E-state index contributed by atoms with van der Waals surface area (Å²) in [6, 6.07) is 3.81. The molecule has 4 atom stereocenters. The van der Waals surface area contributed by atoms with E-state index < -0.39 is 35.9 Å². The molecule has 0 saturated carbocycles. The second kappa shape index (κ2) is 7.81. The predicted molar refractivity (Wildman–Crippen MR) is 103 cm³/mol. The van der Waals surface area contributed by atoms with Crippen molar-refractivity contribution in [2.45, 2.75) is 38.8 Å². The van der Waals surface area contributed by atoms with Gasteiger partial charge in [-0.3, -0.25) is 19.3 Å². The highest BCUT2D eigenvalue weighted by Gasteiger charge is 2.50. The zero-order valence-corrected chi connectivity index (χ0v) is 16.6. The molecule has 3 amide bonds.